The summed E-state index contributed by atoms with van der Waals surface area (Å²) < 4.78 is 5.97. The van der Waals surface area contributed by atoms with E-state index in [1.54, 1.807) is 0 Å². The van der Waals surface area contributed by atoms with Crippen molar-refractivity contribution in [2.45, 2.75) is 57.6 Å². The average molecular weight is 308 g/mol. The predicted octanol–water partition coefficient (Wildman–Crippen LogP) is 4.21. The molecule has 21 heavy (non-hydrogen) atoms. The Morgan fingerprint density at radius 2 is 1.95 bits per heavy atom. The monoisotopic (exact) mass is 307 g/mol. The Balaban J connectivity index is 1.50. The average Bonchev–Trinajstić information content (AvgIpc) is 3.00. The van der Waals surface area contributed by atoms with Gasteiger partial charge in [0.05, 0.1) is 6.10 Å². The van der Waals surface area contributed by atoms with E-state index in [0.717, 1.165) is 24.6 Å². The van der Waals surface area contributed by atoms with Crippen molar-refractivity contribution in [1.29, 1.82) is 0 Å². The summed E-state index contributed by atoms with van der Waals surface area (Å²) in [5.41, 5.74) is 1.80. The van der Waals surface area contributed by atoms with Crippen LogP contribution in [-0.2, 0) is 11.2 Å². The summed E-state index contributed by atoms with van der Waals surface area (Å²) in [5, 5.41) is 4.61. The Kier molecular flexibility index (Phi) is 4.88. The molecule has 0 amide bonds. The Labute approximate surface area is 133 Å². The van der Waals surface area contributed by atoms with Gasteiger partial charge in [-0.2, -0.15) is 0 Å². The first-order valence-corrected chi connectivity index (χ1v) is 8.72. The number of hydrogen-bond acceptors (Lipinski definition) is 2. The Bertz CT molecular complexity index is 453. The minimum absolute atomic E-state index is 0.440. The van der Waals surface area contributed by atoms with Gasteiger partial charge in [-0.25, -0.2) is 0 Å². The van der Waals surface area contributed by atoms with Gasteiger partial charge in [0.1, 0.15) is 0 Å². The maximum absolute atomic E-state index is 5.97. The molecule has 1 N–H and O–H groups in total. The molecule has 2 fully saturated rings. The summed E-state index contributed by atoms with van der Waals surface area (Å²) in [6.45, 7) is 4.01. The van der Waals surface area contributed by atoms with Gasteiger partial charge in [0.2, 0.25) is 0 Å². The van der Waals surface area contributed by atoms with E-state index in [9.17, 15) is 0 Å². The molecule has 3 heteroatoms. The van der Waals surface area contributed by atoms with Crippen LogP contribution in [0.2, 0.25) is 5.02 Å². The van der Waals surface area contributed by atoms with Crippen LogP contribution >= 0.6 is 11.6 Å². The van der Waals surface area contributed by atoms with Crippen LogP contribution in [0.5, 0.6) is 0 Å². The largest absolute Gasteiger partial charge is 0.378 e. The van der Waals surface area contributed by atoms with Crippen LogP contribution in [0.15, 0.2) is 24.3 Å². The van der Waals surface area contributed by atoms with E-state index < -0.39 is 0 Å². The molecule has 0 radical (unpaired) electrons. The highest BCUT2D eigenvalue weighted by atomic mass is 35.5. The van der Waals surface area contributed by atoms with E-state index in [0.29, 0.717) is 17.6 Å². The lowest BCUT2D eigenvalue weighted by Gasteiger charge is -2.54. The second-order valence-electron chi connectivity index (χ2n) is 6.50. The van der Waals surface area contributed by atoms with Crippen LogP contribution in [0.3, 0.4) is 0 Å². The van der Waals surface area contributed by atoms with Crippen LogP contribution in [0.4, 0.5) is 0 Å². The molecule has 0 heterocycles. The fourth-order valence-corrected chi connectivity index (χ4v) is 4.34. The molecule has 1 aromatic carbocycles. The fraction of sp³-hybridized carbons (Fsp3) is 0.667. The smallest absolute Gasteiger partial charge is 0.0661 e. The molecule has 0 aromatic heterocycles. The molecule has 2 nitrogen and oxygen atoms in total. The van der Waals surface area contributed by atoms with Gasteiger partial charge in [-0.05, 0) is 56.8 Å². The Morgan fingerprint density at radius 1 is 1.24 bits per heavy atom. The summed E-state index contributed by atoms with van der Waals surface area (Å²) in [6.07, 6.45) is 8.19. The summed E-state index contributed by atoms with van der Waals surface area (Å²) in [5.74, 6) is 0. The highest BCUT2D eigenvalue weighted by molar-refractivity contribution is 6.30. The number of nitrogens with one attached hydrogen (secondary N) is 1. The minimum atomic E-state index is 0.440. The maximum atomic E-state index is 5.97. The molecule has 3 rings (SSSR count). The second-order valence-corrected chi connectivity index (χ2v) is 6.94. The lowest BCUT2D eigenvalue weighted by Crippen LogP contribution is -2.62. The van der Waals surface area contributed by atoms with Gasteiger partial charge in [0.25, 0.3) is 0 Å². The van der Waals surface area contributed by atoms with Gasteiger partial charge in [-0.1, -0.05) is 36.6 Å². The van der Waals surface area contributed by atoms with Crippen molar-refractivity contribution < 1.29 is 4.74 Å². The normalized spacial score (nSPS) is 27.0. The van der Waals surface area contributed by atoms with E-state index in [1.807, 2.05) is 12.1 Å². The number of benzene rings is 1. The minimum Gasteiger partial charge on any atom is -0.378 e. The van der Waals surface area contributed by atoms with Crippen LogP contribution in [0.1, 0.15) is 44.6 Å². The van der Waals surface area contributed by atoms with Crippen molar-refractivity contribution in [1.82, 2.24) is 5.32 Å². The Morgan fingerprint density at radius 3 is 2.62 bits per heavy atom. The third kappa shape index (κ3) is 3.13. The Hall–Kier alpha value is -0.570. The molecular formula is C18H26ClNO. The SMILES string of the molecule is CCOC1CC(NCCc2ccc(Cl)cc2)C12CCCC2. The van der Waals surface area contributed by atoms with E-state index in [4.69, 9.17) is 16.3 Å². The van der Waals surface area contributed by atoms with Crippen LogP contribution in [0.25, 0.3) is 0 Å². The first kappa shape index (κ1) is 15.3. The quantitative estimate of drug-likeness (QED) is 0.850. The summed E-state index contributed by atoms with van der Waals surface area (Å²) in [6, 6.07) is 8.86. The molecule has 0 bridgehead atoms. The molecule has 2 saturated carbocycles. The molecule has 1 aromatic rings. The summed E-state index contributed by atoms with van der Waals surface area (Å²) in [7, 11) is 0. The number of hydrogen-bond donors (Lipinski definition) is 1. The van der Waals surface area contributed by atoms with Crippen molar-refractivity contribution in [3.8, 4) is 0 Å². The topological polar surface area (TPSA) is 21.3 Å². The van der Waals surface area contributed by atoms with Crippen LogP contribution in [-0.4, -0.2) is 25.3 Å². The van der Waals surface area contributed by atoms with Crippen molar-refractivity contribution in [3.63, 3.8) is 0 Å². The van der Waals surface area contributed by atoms with Gasteiger partial charge < -0.3 is 10.1 Å². The molecule has 2 aliphatic carbocycles. The second kappa shape index (κ2) is 6.68. The van der Waals surface area contributed by atoms with Crippen molar-refractivity contribution in [2.24, 2.45) is 5.41 Å². The van der Waals surface area contributed by atoms with Gasteiger partial charge in [0, 0.05) is 23.1 Å². The van der Waals surface area contributed by atoms with Crippen molar-refractivity contribution in [3.05, 3.63) is 34.9 Å². The molecule has 2 unspecified atom stereocenters. The molecule has 0 aliphatic heterocycles. The van der Waals surface area contributed by atoms with Gasteiger partial charge >= 0.3 is 0 Å². The predicted molar refractivity (Wildman–Crippen MR) is 87.9 cm³/mol. The zero-order valence-electron chi connectivity index (χ0n) is 12.9. The number of ether oxygens (including phenoxy) is 1. The molecular weight excluding hydrogens is 282 g/mol. The zero-order valence-corrected chi connectivity index (χ0v) is 13.7. The summed E-state index contributed by atoms with van der Waals surface area (Å²) in [4.78, 5) is 0. The molecule has 2 aliphatic rings. The lowest BCUT2D eigenvalue weighted by atomic mass is 9.60. The van der Waals surface area contributed by atoms with Crippen molar-refractivity contribution >= 4 is 11.6 Å². The van der Waals surface area contributed by atoms with Crippen LogP contribution in [0, 0.1) is 5.41 Å². The van der Waals surface area contributed by atoms with Gasteiger partial charge in [0.15, 0.2) is 0 Å². The van der Waals surface area contributed by atoms with E-state index >= 15 is 0 Å². The third-order valence-corrected chi connectivity index (χ3v) is 5.66. The fourth-order valence-electron chi connectivity index (χ4n) is 4.21. The molecule has 2 atom stereocenters. The highest BCUT2D eigenvalue weighted by Crippen LogP contribution is 2.54. The standard InChI is InChI=1S/C18H26ClNO/c1-2-21-17-13-16(18(17)10-3-4-11-18)20-12-9-14-5-7-15(19)8-6-14/h5-8,16-17,20H,2-4,9-13H2,1H3. The van der Waals surface area contributed by atoms with E-state index in [2.05, 4.69) is 24.4 Å². The van der Waals surface area contributed by atoms with Gasteiger partial charge in [-0.3, -0.25) is 0 Å². The van der Waals surface area contributed by atoms with E-state index in [1.165, 1.54) is 37.7 Å². The van der Waals surface area contributed by atoms with Crippen molar-refractivity contribution in [2.75, 3.05) is 13.2 Å². The van der Waals surface area contributed by atoms with Gasteiger partial charge in [-0.15, -0.1) is 0 Å². The molecule has 1 spiro atoms. The first-order chi connectivity index (χ1) is 10.2. The number of halogens is 1. The maximum Gasteiger partial charge on any atom is 0.0661 e. The van der Waals surface area contributed by atoms with E-state index in [-0.39, 0.29) is 0 Å². The van der Waals surface area contributed by atoms with Crippen LogP contribution < -0.4 is 5.32 Å². The molecule has 0 saturated heterocycles. The first-order valence-electron chi connectivity index (χ1n) is 8.34. The highest BCUT2D eigenvalue weighted by Gasteiger charge is 2.56. The molecule has 116 valence electrons. The summed E-state index contributed by atoms with van der Waals surface area (Å²) >= 11 is 5.93. The lowest BCUT2D eigenvalue weighted by molar-refractivity contribution is -0.130. The zero-order chi connectivity index (χ0) is 14.7. The number of rotatable bonds is 6. The third-order valence-electron chi connectivity index (χ3n) is 5.40.